The molecule has 1 heterocycles. The molecule has 0 amide bonds. The van der Waals surface area contributed by atoms with E-state index in [1.165, 1.54) is 20.4 Å². The van der Waals surface area contributed by atoms with Crippen molar-refractivity contribution in [2.24, 2.45) is 0 Å². The zero-order valence-electron chi connectivity index (χ0n) is 11.9. The first-order chi connectivity index (χ1) is 9.60. The number of hydrogen-bond acceptors (Lipinski definition) is 6. The Kier molecular flexibility index (Phi) is 4.54. The largest absolute Gasteiger partial charge is 0.480 e. The fourth-order valence-corrected chi connectivity index (χ4v) is 2.51. The predicted octanol–water partition coefficient (Wildman–Crippen LogP) is 1.76. The normalized spacial score (nSPS) is 18.1. The van der Waals surface area contributed by atoms with Gasteiger partial charge >= 0.3 is 0 Å². The number of nitrogens with zero attached hydrogens (tertiary/aromatic N) is 2. The summed E-state index contributed by atoms with van der Waals surface area (Å²) >= 11 is 0. The minimum atomic E-state index is -1.35. The molecule has 1 aliphatic carbocycles. The van der Waals surface area contributed by atoms with Gasteiger partial charge in [-0.3, -0.25) is 4.79 Å². The Morgan fingerprint density at radius 3 is 2.40 bits per heavy atom. The highest BCUT2D eigenvalue weighted by Crippen LogP contribution is 2.32. The summed E-state index contributed by atoms with van der Waals surface area (Å²) in [7, 11) is 2.88. The molecule has 1 fully saturated rings. The van der Waals surface area contributed by atoms with Crippen LogP contribution < -0.4 is 9.47 Å². The van der Waals surface area contributed by atoms with E-state index in [4.69, 9.17) is 9.47 Å². The molecular formula is C14H20N2O4. The average Bonchev–Trinajstić information content (AvgIpc) is 2.71. The molecule has 6 heteroatoms. The number of carbonyl (C=O) groups is 1. The lowest BCUT2D eigenvalue weighted by Crippen LogP contribution is -2.38. The number of aromatic nitrogens is 2. The molecule has 1 saturated carbocycles. The van der Waals surface area contributed by atoms with Crippen LogP contribution in [0.15, 0.2) is 6.20 Å². The monoisotopic (exact) mass is 280 g/mol. The van der Waals surface area contributed by atoms with Crippen LogP contribution in [-0.2, 0) is 0 Å². The van der Waals surface area contributed by atoms with E-state index in [2.05, 4.69) is 9.97 Å². The van der Waals surface area contributed by atoms with E-state index in [-0.39, 0.29) is 17.5 Å². The Labute approximate surface area is 118 Å². The van der Waals surface area contributed by atoms with Gasteiger partial charge in [0.05, 0.1) is 20.4 Å². The van der Waals surface area contributed by atoms with Gasteiger partial charge in [-0.2, -0.15) is 4.98 Å². The van der Waals surface area contributed by atoms with Gasteiger partial charge in [0.15, 0.2) is 5.69 Å². The molecule has 6 nitrogen and oxygen atoms in total. The number of methoxy groups -OCH3 is 2. The summed E-state index contributed by atoms with van der Waals surface area (Å²) in [5, 5.41) is 10.6. The van der Waals surface area contributed by atoms with Gasteiger partial charge in [-0.15, -0.1) is 0 Å². The molecule has 0 atom stereocenters. The molecule has 0 spiro atoms. The van der Waals surface area contributed by atoms with Crippen LogP contribution in [-0.4, -0.2) is 40.7 Å². The standard InChI is InChI=1S/C14H20N2O4/c1-19-10-9-15-11(13(16-10)20-2)12(17)14(18)7-5-3-4-6-8-14/h9,18H,3-8H2,1-2H3. The van der Waals surface area contributed by atoms with Crippen LogP contribution in [0.4, 0.5) is 0 Å². The van der Waals surface area contributed by atoms with Crippen molar-refractivity contribution >= 4 is 5.78 Å². The Balaban J connectivity index is 2.32. The highest BCUT2D eigenvalue weighted by molar-refractivity contribution is 6.02. The first-order valence-electron chi connectivity index (χ1n) is 6.83. The van der Waals surface area contributed by atoms with Gasteiger partial charge in [-0.05, 0) is 12.8 Å². The van der Waals surface area contributed by atoms with Crippen molar-refractivity contribution in [3.63, 3.8) is 0 Å². The maximum absolute atomic E-state index is 12.6. The zero-order valence-corrected chi connectivity index (χ0v) is 11.9. The van der Waals surface area contributed by atoms with E-state index in [0.717, 1.165) is 25.7 Å². The molecule has 0 aliphatic heterocycles. The second kappa shape index (κ2) is 6.17. The molecule has 0 unspecified atom stereocenters. The van der Waals surface area contributed by atoms with Crippen LogP contribution in [0.1, 0.15) is 49.0 Å². The molecule has 1 aliphatic rings. The molecule has 110 valence electrons. The molecule has 1 N–H and O–H groups in total. The SMILES string of the molecule is COc1cnc(C(=O)C2(O)CCCCCC2)c(OC)n1. The summed E-state index contributed by atoms with van der Waals surface area (Å²) in [5.41, 5.74) is -1.29. The Bertz CT molecular complexity index is 482. The van der Waals surface area contributed by atoms with E-state index in [1.54, 1.807) is 0 Å². The number of rotatable bonds is 4. The van der Waals surface area contributed by atoms with Gasteiger partial charge in [0.2, 0.25) is 17.5 Å². The number of ether oxygens (including phenoxy) is 2. The van der Waals surface area contributed by atoms with Crippen LogP contribution in [0.25, 0.3) is 0 Å². The zero-order chi connectivity index (χ0) is 14.6. The summed E-state index contributed by atoms with van der Waals surface area (Å²) in [6.45, 7) is 0. The van der Waals surface area contributed by atoms with E-state index >= 15 is 0 Å². The van der Waals surface area contributed by atoms with Crippen molar-refractivity contribution in [3.05, 3.63) is 11.9 Å². The summed E-state index contributed by atoms with van der Waals surface area (Å²) in [4.78, 5) is 20.7. The van der Waals surface area contributed by atoms with Crippen molar-refractivity contribution in [3.8, 4) is 11.8 Å². The molecular weight excluding hydrogens is 260 g/mol. The lowest BCUT2D eigenvalue weighted by molar-refractivity contribution is 0.0229. The van der Waals surface area contributed by atoms with E-state index in [0.29, 0.717) is 12.8 Å². The molecule has 0 saturated heterocycles. The van der Waals surface area contributed by atoms with Crippen LogP contribution in [0.5, 0.6) is 11.8 Å². The smallest absolute Gasteiger partial charge is 0.246 e. The molecule has 1 aromatic heterocycles. The first-order valence-corrected chi connectivity index (χ1v) is 6.83. The molecule has 1 aromatic rings. The second-order valence-corrected chi connectivity index (χ2v) is 5.05. The Hall–Kier alpha value is -1.69. The number of hydrogen-bond donors (Lipinski definition) is 1. The quantitative estimate of drug-likeness (QED) is 0.668. The van der Waals surface area contributed by atoms with Crippen molar-refractivity contribution < 1.29 is 19.4 Å². The van der Waals surface area contributed by atoms with Gasteiger partial charge in [-0.1, -0.05) is 25.7 Å². The first kappa shape index (κ1) is 14.7. The number of aliphatic hydroxyl groups is 1. The Morgan fingerprint density at radius 2 is 1.85 bits per heavy atom. The maximum atomic E-state index is 12.6. The van der Waals surface area contributed by atoms with E-state index in [9.17, 15) is 9.90 Å². The number of Topliss-reactive ketones (excluding diaryl/α,β-unsaturated/α-hetero) is 1. The van der Waals surface area contributed by atoms with Gasteiger partial charge in [0.1, 0.15) is 5.60 Å². The van der Waals surface area contributed by atoms with Crippen LogP contribution >= 0.6 is 0 Å². The van der Waals surface area contributed by atoms with Gasteiger partial charge < -0.3 is 14.6 Å². The van der Waals surface area contributed by atoms with Crippen LogP contribution in [0.3, 0.4) is 0 Å². The van der Waals surface area contributed by atoms with E-state index in [1.807, 2.05) is 0 Å². The van der Waals surface area contributed by atoms with Gasteiger partial charge in [-0.25, -0.2) is 4.98 Å². The number of ketones is 1. The van der Waals surface area contributed by atoms with Gasteiger partial charge in [0.25, 0.3) is 0 Å². The summed E-state index contributed by atoms with van der Waals surface area (Å²) in [5.74, 6) is -0.0512. The molecule has 0 radical (unpaired) electrons. The minimum Gasteiger partial charge on any atom is -0.480 e. The van der Waals surface area contributed by atoms with Crippen molar-refractivity contribution in [2.75, 3.05) is 14.2 Å². The molecule has 2 rings (SSSR count). The predicted molar refractivity (Wildman–Crippen MR) is 72.1 cm³/mol. The molecule has 0 aromatic carbocycles. The molecule has 20 heavy (non-hydrogen) atoms. The van der Waals surface area contributed by atoms with E-state index < -0.39 is 11.4 Å². The summed E-state index contributed by atoms with van der Waals surface area (Å²) in [6, 6.07) is 0. The van der Waals surface area contributed by atoms with Gasteiger partial charge in [0, 0.05) is 0 Å². The summed E-state index contributed by atoms with van der Waals surface area (Å²) < 4.78 is 10.0. The minimum absolute atomic E-state index is 0.0673. The van der Waals surface area contributed by atoms with Crippen molar-refractivity contribution in [2.45, 2.75) is 44.1 Å². The van der Waals surface area contributed by atoms with Crippen LogP contribution in [0, 0.1) is 0 Å². The third kappa shape index (κ3) is 2.90. The third-order valence-electron chi connectivity index (χ3n) is 3.69. The van der Waals surface area contributed by atoms with Crippen LogP contribution in [0.2, 0.25) is 0 Å². The Morgan fingerprint density at radius 1 is 1.20 bits per heavy atom. The highest BCUT2D eigenvalue weighted by Gasteiger charge is 2.39. The summed E-state index contributed by atoms with van der Waals surface area (Å²) in [6.07, 6.45) is 6.05. The van der Waals surface area contributed by atoms with Crippen molar-refractivity contribution in [1.29, 1.82) is 0 Å². The third-order valence-corrected chi connectivity index (χ3v) is 3.69. The van der Waals surface area contributed by atoms with Crippen molar-refractivity contribution in [1.82, 2.24) is 9.97 Å². The fraction of sp³-hybridized carbons (Fsp3) is 0.643. The molecule has 0 bridgehead atoms. The number of carbonyl (C=O) groups excluding carboxylic acids is 1. The lowest BCUT2D eigenvalue weighted by Gasteiger charge is -2.24. The second-order valence-electron chi connectivity index (χ2n) is 5.05. The fourth-order valence-electron chi connectivity index (χ4n) is 2.51. The topological polar surface area (TPSA) is 81.5 Å². The average molecular weight is 280 g/mol. The lowest BCUT2D eigenvalue weighted by atomic mass is 9.88. The maximum Gasteiger partial charge on any atom is 0.246 e. The highest BCUT2D eigenvalue weighted by atomic mass is 16.5.